The predicted molar refractivity (Wildman–Crippen MR) is 171 cm³/mol. The van der Waals surface area contributed by atoms with E-state index in [0.29, 0.717) is 60.7 Å². The molecule has 0 radical (unpaired) electrons. The molecule has 0 aromatic rings. The number of hydrogen-bond donors (Lipinski definition) is 2. The highest BCUT2D eigenvalue weighted by molar-refractivity contribution is 5.78. The molecule has 254 valence electrons. The maximum atomic E-state index is 12.7. The van der Waals surface area contributed by atoms with E-state index in [4.69, 9.17) is 14.2 Å². The SMILES string of the molecule is CC(=O)NCC1C[C@@H](C)C2C(O1)[C@H](O)[C@@]1(C)C3CC[C@H]4C(C)(C)C(O[C@H]5CN(C(=O)C(C)C)CCO5)CCC45CC35CCC21C. The van der Waals surface area contributed by atoms with Crippen molar-refractivity contribution in [3.63, 3.8) is 0 Å². The third kappa shape index (κ3) is 4.36. The van der Waals surface area contributed by atoms with Crippen molar-refractivity contribution in [1.29, 1.82) is 0 Å². The first-order chi connectivity index (χ1) is 21.1. The molecule has 2 N–H and O–H groups in total. The number of carbonyl (C=O) groups is 2. The Bertz CT molecular complexity index is 1210. The summed E-state index contributed by atoms with van der Waals surface area (Å²) in [6.07, 6.45) is 8.27. The molecule has 2 saturated heterocycles. The van der Waals surface area contributed by atoms with Crippen LogP contribution in [-0.2, 0) is 23.8 Å². The molecule has 2 aliphatic heterocycles. The molecule has 7 fully saturated rings. The maximum Gasteiger partial charge on any atom is 0.225 e. The second kappa shape index (κ2) is 10.6. The van der Waals surface area contributed by atoms with E-state index in [9.17, 15) is 14.7 Å². The lowest BCUT2D eigenvalue weighted by Gasteiger charge is -2.64. The van der Waals surface area contributed by atoms with Gasteiger partial charge in [-0.25, -0.2) is 0 Å². The number of hydrogen-bond acceptors (Lipinski definition) is 6. The maximum absolute atomic E-state index is 12.7. The molecule has 5 aliphatic carbocycles. The minimum atomic E-state index is -0.487. The van der Waals surface area contributed by atoms with Crippen molar-refractivity contribution in [2.75, 3.05) is 26.2 Å². The van der Waals surface area contributed by atoms with Gasteiger partial charge >= 0.3 is 0 Å². The van der Waals surface area contributed by atoms with E-state index in [2.05, 4.69) is 39.9 Å². The van der Waals surface area contributed by atoms with Crippen LogP contribution in [0.5, 0.6) is 0 Å². The first-order valence-corrected chi connectivity index (χ1v) is 18.3. The van der Waals surface area contributed by atoms with E-state index >= 15 is 0 Å². The number of fused-ring (bicyclic) bond motifs is 4. The molecule has 8 unspecified atom stereocenters. The van der Waals surface area contributed by atoms with Crippen molar-refractivity contribution in [2.45, 2.75) is 137 Å². The van der Waals surface area contributed by atoms with Gasteiger partial charge in [0.25, 0.3) is 0 Å². The van der Waals surface area contributed by atoms with Gasteiger partial charge in [-0.1, -0.05) is 48.5 Å². The second-order valence-electron chi connectivity index (χ2n) is 17.9. The standard InChI is InChI=1S/C37H60N2O6/c1-21(2)32(42)39-15-16-43-28(19-39)45-27-11-12-36-20-37(36)14-13-34(7)29-22(3)17-24(18-38-23(4)40)44-30(29)31(41)35(34,8)26(37)10-9-25(36)33(27,5)6/h21-22,24-31,41H,9-20H2,1-8H3,(H,38,40)/t22-,24?,25+,26?,27?,28+,29?,30?,31+,34?,35-,36?,37?/m1/s1. The monoisotopic (exact) mass is 628 g/mol. The van der Waals surface area contributed by atoms with Gasteiger partial charge in [0.05, 0.1) is 37.6 Å². The lowest BCUT2D eigenvalue weighted by molar-refractivity contribution is -0.248. The molecule has 7 aliphatic rings. The van der Waals surface area contributed by atoms with Crippen LogP contribution in [0, 0.1) is 56.7 Å². The van der Waals surface area contributed by atoms with E-state index in [1.54, 1.807) is 6.92 Å². The van der Waals surface area contributed by atoms with Crippen molar-refractivity contribution in [2.24, 2.45) is 56.7 Å². The van der Waals surface area contributed by atoms with Gasteiger partial charge in [-0.05, 0) is 96.7 Å². The van der Waals surface area contributed by atoms with Crippen LogP contribution < -0.4 is 5.32 Å². The summed E-state index contributed by atoms with van der Waals surface area (Å²) < 4.78 is 19.6. The number of nitrogens with one attached hydrogen (secondary N) is 1. The van der Waals surface area contributed by atoms with E-state index in [-0.39, 0.29) is 58.6 Å². The summed E-state index contributed by atoms with van der Waals surface area (Å²) in [7, 11) is 0. The number of ether oxygens (including phenoxy) is 3. The Morgan fingerprint density at radius 3 is 2.47 bits per heavy atom. The molecule has 45 heavy (non-hydrogen) atoms. The van der Waals surface area contributed by atoms with Gasteiger partial charge in [-0.2, -0.15) is 0 Å². The topological polar surface area (TPSA) is 97.3 Å². The summed E-state index contributed by atoms with van der Waals surface area (Å²) in [5.74, 6) is 2.01. The molecule has 13 atom stereocenters. The van der Waals surface area contributed by atoms with E-state index in [1.165, 1.54) is 25.7 Å². The van der Waals surface area contributed by atoms with Gasteiger partial charge < -0.3 is 29.5 Å². The zero-order valence-electron chi connectivity index (χ0n) is 29.2. The van der Waals surface area contributed by atoms with Crippen molar-refractivity contribution in [1.82, 2.24) is 10.2 Å². The Labute approximate surface area is 271 Å². The Hall–Kier alpha value is -1.22. The fraction of sp³-hybridized carbons (Fsp3) is 0.946. The molecule has 2 amide bonds. The Morgan fingerprint density at radius 2 is 1.76 bits per heavy atom. The summed E-state index contributed by atoms with van der Waals surface area (Å²) in [5.41, 5.74) is 0.479. The van der Waals surface area contributed by atoms with Crippen LogP contribution in [0.4, 0.5) is 0 Å². The molecule has 7 rings (SSSR count). The van der Waals surface area contributed by atoms with Gasteiger partial charge in [-0.15, -0.1) is 0 Å². The number of carbonyl (C=O) groups excluding carboxylic acids is 2. The van der Waals surface area contributed by atoms with Crippen molar-refractivity contribution in [3.8, 4) is 0 Å². The van der Waals surface area contributed by atoms with Gasteiger partial charge in [0.1, 0.15) is 0 Å². The first-order valence-electron chi connectivity index (χ1n) is 18.3. The lowest BCUT2D eigenvalue weighted by Crippen LogP contribution is -2.60. The van der Waals surface area contributed by atoms with Crippen LogP contribution in [0.1, 0.15) is 107 Å². The van der Waals surface area contributed by atoms with Crippen LogP contribution in [0.15, 0.2) is 0 Å². The highest BCUT2D eigenvalue weighted by Crippen LogP contribution is 2.89. The second-order valence-corrected chi connectivity index (χ2v) is 17.9. The Balaban J connectivity index is 1.10. The molecule has 2 heterocycles. The largest absolute Gasteiger partial charge is 0.390 e. The lowest BCUT2D eigenvalue weighted by atomic mass is 9.41. The predicted octanol–water partition coefficient (Wildman–Crippen LogP) is 5.16. The number of aliphatic hydroxyl groups excluding tert-OH is 1. The molecule has 0 bridgehead atoms. The van der Waals surface area contributed by atoms with Crippen LogP contribution in [0.3, 0.4) is 0 Å². The summed E-state index contributed by atoms with van der Waals surface area (Å²) >= 11 is 0. The minimum absolute atomic E-state index is 0.0128. The third-order valence-electron chi connectivity index (χ3n) is 15.5. The fourth-order valence-electron chi connectivity index (χ4n) is 13.5. The third-order valence-corrected chi connectivity index (χ3v) is 15.5. The molecule has 8 nitrogen and oxygen atoms in total. The van der Waals surface area contributed by atoms with Gasteiger partial charge in [0.2, 0.25) is 11.8 Å². The summed E-state index contributed by atoms with van der Waals surface area (Å²) in [6, 6.07) is 0. The van der Waals surface area contributed by atoms with Gasteiger partial charge in [-0.3, -0.25) is 9.59 Å². The van der Waals surface area contributed by atoms with E-state index < -0.39 is 6.10 Å². The Kier molecular flexibility index (Phi) is 7.64. The molecule has 2 spiro atoms. The molecule has 5 saturated carbocycles. The molecular weight excluding hydrogens is 568 g/mol. The van der Waals surface area contributed by atoms with E-state index in [0.717, 1.165) is 25.7 Å². The number of aliphatic hydroxyl groups is 1. The van der Waals surface area contributed by atoms with Crippen LogP contribution >= 0.6 is 0 Å². The fourth-order valence-corrected chi connectivity index (χ4v) is 13.5. The quantitative estimate of drug-likeness (QED) is 0.437. The number of morpholine rings is 1. The van der Waals surface area contributed by atoms with Crippen molar-refractivity contribution < 1.29 is 28.9 Å². The van der Waals surface area contributed by atoms with Gasteiger partial charge in [0.15, 0.2) is 6.29 Å². The highest BCUT2D eigenvalue weighted by atomic mass is 16.7. The minimum Gasteiger partial charge on any atom is -0.390 e. The summed E-state index contributed by atoms with van der Waals surface area (Å²) in [4.78, 5) is 26.3. The van der Waals surface area contributed by atoms with Crippen LogP contribution in [-0.4, -0.2) is 78.8 Å². The first kappa shape index (κ1) is 32.3. The van der Waals surface area contributed by atoms with Gasteiger partial charge in [0, 0.05) is 31.3 Å². The molecule has 0 aromatic heterocycles. The highest BCUT2D eigenvalue weighted by Gasteiger charge is 2.84. The number of rotatable bonds is 5. The number of nitrogens with zero attached hydrogens (tertiary/aromatic N) is 1. The summed E-state index contributed by atoms with van der Waals surface area (Å²) in [5, 5.41) is 15.3. The number of amides is 2. The molecule has 8 heteroatoms. The zero-order chi connectivity index (χ0) is 32.3. The average Bonchev–Trinajstić information content (AvgIpc) is 3.62. The summed E-state index contributed by atoms with van der Waals surface area (Å²) in [6.45, 7) is 19.9. The average molecular weight is 629 g/mol. The van der Waals surface area contributed by atoms with Crippen molar-refractivity contribution in [3.05, 3.63) is 0 Å². The zero-order valence-corrected chi connectivity index (χ0v) is 29.2. The normalized spacial score (nSPS) is 51.3. The van der Waals surface area contributed by atoms with Crippen LogP contribution in [0.25, 0.3) is 0 Å². The molecule has 0 aromatic carbocycles. The Morgan fingerprint density at radius 1 is 1.04 bits per heavy atom. The van der Waals surface area contributed by atoms with Crippen molar-refractivity contribution >= 4 is 11.8 Å². The van der Waals surface area contributed by atoms with Crippen LogP contribution in [0.2, 0.25) is 0 Å². The smallest absolute Gasteiger partial charge is 0.225 e. The van der Waals surface area contributed by atoms with E-state index in [1.807, 2.05) is 18.7 Å². The molecular formula is C37H60N2O6.